The monoisotopic (exact) mass is 452 g/mol. The maximum Gasteiger partial charge on any atom is 4.00 e. The molecule has 0 rings (SSSR count). The summed E-state index contributed by atoms with van der Waals surface area (Å²) in [4.78, 5) is 0. The van der Waals surface area contributed by atoms with Crippen LogP contribution >= 0.6 is 0 Å². The van der Waals surface area contributed by atoms with Crippen molar-refractivity contribution in [3.8, 4) is 0 Å². The Morgan fingerprint density at radius 2 is 0.793 bits per heavy atom. The molecule has 0 radical (unpaired) electrons. The largest absolute Gasteiger partial charge is 4.00 e. The molecule has 0 heterocycles. The van der Waals surface area contributed by atoms with E-state index in [1.54, 1.807) is 0 Å². The molecule has 0 aliphatic rings. The Labute approximate surface area is 194 Å². The van der Waals surface area contributed by atoms with Gasteiger partial charge in [-0.2, -0.15) is 0 Å². The first kappa shape index (κ1) is 34.1. The van der Waals surface area contributed by atoms with Crippen molar-refractivity contribution in [2.45, 2.75) is 130 Å². The predicted molar refractivity (Wildman–Crippen MR) is 105 cm³/mol. The Hall–Kier alpha value is 0.474. The van der Waals surface area contributed by atoms with Gasteiger partial charge in [0.05, 0.1) is 0 Å². The summed E-state index contributed by atoms with van der Waals surface area (Å²) in [6, 6.07) is 0. The molecule has 0 aromatic rings. The van der Waals surface area contributed by atoms with E-state index in [1.165, 1.54) is 25.7 Å². The number of rotatable bonds is 18. The summed E-state index contributed by atoms with van der Waals surface area (Å²) in [6.07, 6.45) is 11.9. The van der Waals surface area contributed by atoms with Crippen LogP contribution in [0.2, 0.25) is 0 Å². The first-order chi connectivity index (χ1) is 13.2. The summed E-state index contributed by atoms with van der Waals surface area (Å²) in [5.74, 6) is -4.80. The van der Waals surface area contributed by atoms with Gasteiger partial charge in [0, 0.05) is 13.2 Å². The van der Waals surface area contributed by atoms with Crippen LogP contribution in [0.25, 0.3) is 0 Å². The maximum absolute atomic E-state index is 11.1. The molecule has 0 saturated carbocycles. The van der Waals surface area contributed by atoms with Crippen LogP contribution in [0.15, 0.2) is 0 Å². The minimum atomic E-state index is -2.40. The minimum absolute atomic E-state index is 0. The molecule has 0 saturated heterocycles. The maximum atomic E-state index is 11.1. The summed E-state index contributed by atoms with van der Waals surface area (Å²) in [5.41, 5.74) is 0. The van der Waals surface area contributed by atoms with Gasteiger partial charge in [-0.25, -0.2) is 0 Å². The third kappa shape index (κ3) is 28.5. The van der Waals surface area contributed by atoms with Crippen molar-refractivity contribution in [3.05, 3.63) is 0 Å². The van der Waals surface area contributed by atoms with E-state index in [9.17, 15) is 20.4 Å². The van der Waals surface area contributed by atoms with E-state index >= 15 is 0 Å². The van der Waals surface area contributed by atoms with Gasteiger partial charge in [0.2, 0.25) is 0 Å². The van der Waals surface area contributed by atoms with Crippen LogP contribution < -0.4 is 20.4 Å². The molecule has 172 valence electrons. The second-order valence-electron chi connectivity index (χ2n) is 7.39. The molecule has 0 N–H and O–H groups in total. The van der Waals surface area contributed by atoms with Gasteiger partial charge in [-0.15, -0.1) is 0 Å². The smallest absolute Gasteiger partial charge is 0.842 e. The van der Waals surface area contributed by atoms with Gasteiger partial charge in [-0.05, 0) is 12.8 Å². The van der Waals surface area contributed by atoms with Crippen molar-refractivity contribution in [2.24, 2.45) is 0 Å². The fourth-order valence-electron chi connectivity index (χ4n) is 2.55. The van der Waals surface area contributed by atoms with E-state index < -0.39 is 11.9 Å². The predicted octanol–water partition coefficient (Wildman–Crippen LogP) is 2.29. The van der Waals surface area contributed by atoms with Crippen molar-refractivity contribution in [3.63, 3.8) is 0 Å². The fraction of sp³-hybridized carbons (Fsp3) is 1.00. The first-order valence-electron chi connectivity index (χ1n) is 11.3. The summed E-state index contributed by atoms with van der Waals surface area (Å²) in [5, 5.41) is 44.5. The zero-order valence-electron chi connectivity index (χ0n) is 19.3. The molecular weight excluding hydrogens is 408 g/mol. The van der Waals surface area contributed by atoms with Crippen molar-refractivity contribution < 1.29 is 51.6 Å². The summed E-state index contributed by atoms with van der Waals surface area (Å²) in [7, 11) is 0. The van der Waals surface area contributed by atoms with Gasteiger partial charge in [-0.1, -0.05) is 117 Å². The van der Waals surface area contributed by atoms with Crippen LogP contribution in [-0.4, -0.2) is 25.2 Å². The quantitative estimate of drug-likeness (QED) is 0.179. The van der Waals surface area contributed by atoms with Crippen LogP contribution in [0, 0.1) is 0 Å². The van der Waals surface area contributed by atoms with Gasteiger partial charge in [0.15, 0.2) is 0 Å². The zero-order valence-corrected chi connectivity index (χ0v) is 20.8. The molecular formula is C22H44O6Ti. The molecule has 6 nitrogen and oxygen atoms in total. The van der Waals surface area contributed by atoms with Crippen LogP contribution in [0.1, 0.15) is 118 Å². The molecule has 0 aromatic carbocycles. The normalized spacial score (nSPS) is 11.6. The molecule has 7 heteroatoms. The number of hydrogen-bond donors (Lipinski definition) is 0. The third-order valence-corrected chi connectivity index (χ3v) is 4.23. The van der Waals surface area contributed by atoms with E-state index in [-0.39, 0.29) is 47.8 Å². The van der Waals surface area contributed by atoms with E-state index in [0.29, 0.717) is 12.8 Å². The van der Waals surface area contributed by atoms with Crippen molar-refractivity contribution in [1.82, 2.24) is 0 Å². The van der Waals surface area contributed by atoms with Gasteiger partial charge in [0.1, 0.15) is 0 Å². The number of ether oxygens (including phenoxy) is 2. The average molecular weight is 452 g/mol. The molecule has 29 heavy (non-hydrogen) atoms. The second-order valence-corrected chi connectivity index (χ2v) is 7.39. The Morgan fingerprint density at radius 3 is 1.07 bits per heavy atom. The zero-order chi connectivity index (χ0) is 21.7. The Kier molecular flexibility index (Phi) is 27.2. The molecule has 0 spiro atoms. The molecule has 0 amide bonds. The molecule has 0 aliphatic heterocycles. The SMILES string of the molecule is CCCCCCCC([O-])([O-])OCCC.CCCCCCCC([O-])([O-])OCCC.[Ti+4]. The Morgan fingerprint density at radius 1 is 0.483 bits per heavy atom. The molecule has 0 bridgehead atoms. The van der Waals surface area contributed by atoms with Crippen molar-refractivity contribution in [1.29, 1.82) is 0 Å². The summed E-state index contributed by atoms with van der Waals surface area (Å²) >= 11 is 0. The van der Waals surface area contributed by atoms with E-state index in [0.717, 1.165) is 38.5 Å². The molecule has 0 fully saturated rings. The van der Waals surface area contributed by atoms with Crippen LogP contribution in [0.3, 0.4) is 0 Å². The van der Waals surface area contributed by atoms with E-state index in [2.05, 4.69) is 23.3 Å². The Bertz CT molecular complexity index is 284. The molecule has 0 aromatic heterocycles. The van der Waals surface area contributed by atoms with Gasteiger partial charge in [-0.3, -0.25) is 0 Å². The molecule has 0 unspecified atom stereocenters. The topological polar surface area (TPSA) is 111 Å². The second kappa shape index (κ2) is 23.1. The van der Waals surface area contributed by atoms with Gasteiger partial charge < -0.3 is 29.9 Å². The summed E-state index contributed by atoms with van der Waals surface area (Å²) < 4.78 is 9.35. The first-order valence-corrected chi connectivity index (χ1v) is 11.3. The average Bonchev–Trinajstić information content (AvgIpc) is 2.65. The molecule has 0 atom stereocenters. The number of unbranched alkanes of at least 4 members (excludes halogenated alkanes) is 8. The Balaban J connectivity index is -0.000000451. The van der Waals surface area contributed by atoms with Crippen LogP contribution in [-0.2, 0) is 31.2 Å². The van der Waals surface area contributed by atoms with Crippen LogP contribution in [0.4, 0.5) is 0 Å². The third-order valence-electron chi connectivity index (χ3n) is 4.23. The van der Waals surface area contributed by atoms with Crippen molar-refractivity contribution >= 4 is 0 Å². The molecule has 0 aliphatic carbocycles. The van der Waals surface area contributed by atoms with E-state index in [4.69, 9.17) is 0 Å². The fourth-order valence-corrected chi connectivity index (χ4v) is 2.55. The summed E-state index contributed by atoms with van der Waals surface area (Å²) in [6.45, 7) is 8.60. The van der Waals surface area contributed by atoms with Crippen LogP contribution in [0.5, 0.6) is 0 Å². The number of hydrogen-bond acceptors (Lipinski definition) is 6. The van der Waals surface area contributed by atoms with Gasteiger partial charge >= 0.3 is 21.7 Å². The van der Waals surface area contributed by atoms with Crippen molar-refractivity contribution in [2.75, 3.05) is 13.2 Å². The van der Waals surface area contributed by atoms with Gasteiger partial charge in [0.25, 0.3) is 0 Å². The standard InChI is InChI=1S/2C11H22O3.Ti/c2*1-3-5-6-7-8-9-11(12,13)14-10-4-2;/h2*3-10H2,1-2H3;/q2*-2;+4. The minimum Gasteiger partial charge on any atom is -0.842 e. The van der Waals surface area contributed by atoms with E-state index in [1.807, 2.05) is 13.8 Å².